The van der Waals surface area contributed by atoms with Gasteiger partial charge in [0.15, 0.2) is 5.52 Å². The highest BCUT2D eigenvalue weighted by molar-refractivity contribution is 5.98. The van der Waals surface area contributed by atoms with Gasteiger partial charge in [-0.1, -0.05) is 48.5 Å². The Kier molecular flexibility index (Phi) is 3.90. The minimum atomic E-state index is 0.983. The molecule has 6 aromatic rings. The SMILES string of the molecule is Cc1ccc2c(ccn2-c2ccccc2)c1-c1nc2cc3ccccc3cc2c[n+]1C. The molecule has 0 saturated carbocycles. The van der Waals surface area contributed by atoms with Gasteiger partial charge in [0.1, 0.15) is 6.20 Å². The fourth-order valence-electron chi connectivity index (χ4n) is 4.58. The first-order valence-corrected chi connectivity index (χ1v) is 10.5. The van der Waals surface area contributed by atoms with E-state index in [0.717, 1.165) is 22.4 Å². The van der Waals surface area contributed by atoms with Crippen molar-refractivity contribution < 1.29 is 4.57 Å². The van der Waals surface area contributed by atoms with E-state index in [1.165, 1.54) is 32.8 Å². The van der Waals surface area contributed by atoms with Crippen molar-refractivity contribution in [2.75, 3.05) is 0 Å². The molecule has 0 radical (unpaired) electrons. The van der Waals surface area contributed by atoms with Gasteiger partial charge in [0.25, 0.3) is 0 Å². The molecule has 0 saturated heterocycles. The first kappa shape index (κ1) is 17.8. The van der Waals surface area contributed by atoms with Crippen molar-refractivity contribution in [3.63, 3.8) is 0 Å². The van der Waals surface area contributed by atoms with Crippen LogP contribution in [0.1, 0.15) is 5.56 Å². The molecule has 0 atom stereocenters. The summed E-state index contributed by atoms with van der Waals surface area (Å²) in [7, 11) is 2.09. The lowest BCUT2D eigenvalue weighted by Gasteiger charge is -2.09. The van der Waals surface area contributed by atoms with Crippen molar-refractivity contribution in [2.24, 2.45) is 7.05 Å². The first-order chi connectivity index (χ1) is 15.2. The molecule has 0 amide bonds. The molecule has 3 heteroatoms. The van der Waals surface area contributed by atoms with Crippen LogP contribution in [0.4, 0.5) is 0 Å². The van der Waals surface area contributed by atoms with Crippen molar-refractivity contribution in [1.29, 1.82) is 0 Å². The highest BCUT2D eigenvalue weighted by Gasteiger charge is 2.22. The predicted molar refractivity (Wildman–Crippen MR) is 127 cm³/mol. The topological polar surface area (TPSA) is 21.7 Å². The minimum absolute atomic E-state index is 0.983. The molecule has 0 aliphatic heterocycles. The average molecular weight is 401 g/mol. The van der Waals surface area contributed by atoms with Gasteiger partial charge >= 0.3 is 5.82 Å². The van der Waals surface area contributed by atoms with Crippen molar-refractivity contribution in [3.8, 4) is 17.1 Å². The van der Waals surface area contributed by atoms with Crippen LogP contribution in [0.5, 0.6) is 0 Å². The third-order valence-electron chi connectivity index (χ3n) is 6.13. The molecule has 0 fully saturated rings. The fraction of sp³-hybridized carbons (Fsp3) is 0.0714. The van der Waals surface area contributed by atoms with Gasteiger partial charge in [0.2, 0.25) is 0 Å². The summed E-state index contributed by atoms with van der Waals surface area (Å²) in [6, 6.07) is 30.0. The van der Waals surface area contributed by atoms with Crippen molar-refractivity contribution >= 4 is 32.6 Å². The van der Waals surface area contributed by atoms with E-state index < -0.39 is 0 Å². The molecule has 4 aromatic carbocycles. The molecule has 0 spiro atoms. The molecule has 0 bridgehead atoms. The van der Waals surface area contributed by atoms with Gasteiger partial charge in [-0.25, -0.2) is 4.57 Å². The second-order valence-corrected chi connectivity index (χ2v) is 8.15. The van der Waals surface area contributed by atoms with E-state index in [4.69, 9.17) is 4.98 Å². The largest absolute Gasteiger partial charge is 0.331 e. The molecule has 0 unspecified atom stereocenters. The normalized spacial score (nSPS) is 11.5. The molecule has 6 rings (SSSR count). The standard InChI is InChI=1S/C28H22N3/c1-19-12-13-26-24(14-15-31(26)23-10-4-3-5-11-23)27(19)28-29-25-17-21-9-7-6-8-20(21)16-22(25)18-30(28)2/h3-18H,1-2H3/q+1. The van der Waals surface area contributed by atoms with Crippen LogP contribution in [0.15, 0.2) is 97.3 Å². The third-order valence-corrected chi connectivity index (χ3v) is 6.13. The summed E-state index contributed by atoms with van der Waals surface area (Å²) in [6.07, 6.45) is 4.34. The summed E-state index contributed by atoms with van der Waals surface area (Å²) in [4.78, 5) is 5.14. The number of hydrogen-bond acceptors (Lipinski definition) is 1. The van der Waals surface area contributed by atoms with Gasteiger partial charge < -0.3 is 4.57 Å². The Morgan fingerprint density at radius 1 is 0.774 bits per heavy atom. The predicted octanol–water partition coefficient (Wildman–Crippen LogP) is 6.13. The number of para-hydroxylation sites is 1. The summed E-state index contributed by atoms with van der Waals surface area (Å²) in [5.41, 5.74) is 5.78. The maximum Gasteiger partial charge on any atom is 0.331 e. The molecule has 148 valence electrons. The maximum absolute atomic E-state index is 5.14. The molecule has 2 aromatic heterocycles. The molecule has 0 aliphatic rings. The second kappa shape index (κ2) is 6.78. The van der Waals surface area contributed by atoms with Crippen molar-refractivity contribution in [3.05, 3.63) is 103 Å². The number of rotatable bonds is 2. The number of aryl methyl sites for hydroxylation is 2. The van der Waals surface area contributed by atoms with Crippen molar-refractivity contribution in [1.82, 2.24) is 9.55 Å². The van der Waals surface area contributed by atoms with E-state index in [2.05, 4.69) is 114 Å². The molecular formula is C28H22N3+. The fourth-order valence-corrected chi connectivity index (χ4v) is 4.58. The zero-order valence-corrected chi connectivity index (χ0v) is 17.6. The number of hydrogen-bond donors (Lipinski definition) is 0. The summed E-state index contributed by atoms with van der Waals surface area (Å²) < 4.78 is 4.39. The van der Waals surface area contributed by atoms with E-state index in [0.29, 0.717) is 0 Å². The van der Waals surface area contributed by atoms with Crippen LogP contribution in [-0.2, 0) is 7.05 Å². The summed E-state index contributed by atoms with van der Waals surface area (Å²) in [5.74, 6) is 0.983. The quantitative estimate of drug-likeness (QED) is 0.253. The summed E-state index contributed by atoms with van der Waals surface area (Å²) in [5, 5.41) is 4.82. The second-order valence-electron chi connectivity index (χ2n) is 8.15. The van der Waals surface area contributed by atoms with E-state index >= 15 is 0 Å². The third kappa shape index (κ3) is 2.82. The highest BCUT2D eigenvalue weighted by atomic mass is 15.0. The Labute approximate surface area is 180 Å². The molecule has 31 heavy (non-hydrogen) atoms. The van der Waals surface area contributed by atoms with E-state index in [1.54, 1.807) is 0 Å². The van der Waals surface area contributed by atoms with Gasteiger partial charge in [-0.2, -0.15) is 0 Å². The summed E-state index contributed by atoms with van der Waals surface area (Å²) in [6.45, 7) is 2.17. The highest BCUT2D eigenvalue weighted by Crippen LogP contribution is 2.32. The van der Waals surface area contributed by atoms with Gasteiger partial charge in [0, 0.05) is 17.3 Å². The smallest absolute Gasteiger partial charge is 0.317 e. The molecule has 2 heterocycles. The monoisotopic (exact) mass is 400 g/mol. The van der Waals surface area contributed by atoms with Crippen LogP contribution in [0.25, 0.3) is 49.7 Å². The zero-order chi connectivity index (χ0) is 20.9. The van der Waals surface area contributed by atoms with Crippen LogP contribution < -0.4 is 4.57 Å². The minimum Gasteiger partial charge on any atom is -0.317 e. The lowest BCUT2D eigenvalue weighted by molar-refractivity contribution is -0.661. The van der Waals surface area contributed by atoms with Gasteiger partial charge in [-0.05, 0) is 64.6 Å². The van der Waals surface area contributed by atoms with Crippen LogP contribution in [0.2, 0.25) is 0 Å². The van der Waals surface area contributed by atoms with Gasteiger partial charge in [-0.15, -0.1) is 0 Å². The Balaban J connectivity index is 1.62. The Morgan fingerprint density at radius 2 is 1.52 bits per heavy atom. The molecule has 0 N–H and O–H groups in total. The Bertz CT molecular complexity index is 1590. The molecule has 0 aliphatic carbocycles. The molecule has 3 nitrogen and oxygen atoms in total. The molecular weight excluding hydrogens is 378 g/mol. The van der Waals surface area contributed by atoms with E-state index in [9.17, 15) is 0 Å². The maximum atomic E-state index is 5.14. The summed E-state index contributed by atoms with van der Waals surface area (Å²) >= 11 is 0. The Morgan fingerprint density at radius 3 is 2.32 bits per heavy atom. The number of nitrogens with zero attached hydrogens (tertiary/aromatic N) is 3. The lowest BCUT2D eigenvalue weighted by atomic mass is 10.0. The lowest BCUT2D eigenvalue weighted by Crippen LogP contribution is -2.32. The van der Waals surface area contributed by atoms with Crippen molar-refractivity contribution in [2.45, 2.75) is 6.92 Å². The van der Waals surface area contributed by atoms with Crippen LogP contribution in [-0.4, -0.2) is 9.55 Å². The number of aromatic nitrogens is 3. The Hall–Kier alpha value is -3.98. The zero-order valence-electron chi connectivity index (χ0n) is 17.6. The van der Waals surface area contributed by atoms with Gasteiger partial charge in [-0.3, -0.25) is 0 Å². The van der Waals surface area contributed by atoms with E-state index in [1.807, 2.05) is 6.07 Å². The number of fused-ring (bicyclic) bond motifs is 3. The van der Waals surface area contributed by atoms with Crippen LogP contribution in [0.3, 0.4) is 0 Å². The van der Waals surface area contributed by atoms with E-state index in [-0.39, 0.29) is 0 Å². The van der Waals surface area contributed by atoms with Gasteiger partial charge in [0.05, 0.1) is 23.5 Å². The first-order valence-electron chi connectivity index (χ1n) is 10.5. The van der Waals surface area contributed by atoms with Crippen LogP contribution in [0, 0.1) is 6.92 Å². The average Bonchev–Trinajstić information content (AvgIpc) is 3.22. The van der Waals surface area contributed by atoms with Crippen LogP contribution >= 0.6 is 0 Å². The number of benzene rings is 4.